The van der Waals surface area contributed by atoms with Crippen LogP contribution in [0.2, 0.25) is 0 Å². The van der Waals surface area contributed by atoms with Crippen LogP contribution in [0.4, 0.5) is 4.79 Å². The molecule has 0 aliphatic heterocycles. The average Bonchev–Trinajstić information content (AvgIpc) is 2.90. The number of rotatable bonds is 2. The van der Waals surface area contributed by atoms with Gasteiger partial charge in [0.2, 0.25) is 0 Å². The first kappa shape index (κ1) is 17.8. The molecule has 1 saturated carbocycles. The SMILES string of the molecule is CN(C(=O)OC(C)(C)C)C1CCC(c2cn(C)c3ncccc23)CC1. The summed E-state index contributed by atoms with van der Waals surface area (Å²) in [6.45, 7) is 5.72. The van der Waals surface area contributed by atoms with E-state index < -0.39 is 5.60 Å². The van der Waals surface area contributed by atoms with Gasteiger partial charge in [-0.3, -0.25) is 0 Å². The van der Waals surface area contributed by atoms with Crippen molar-refractivity contribution in [3.63, 3.8) is 0 Å². The zero-order valence-electron chi connectivity index (χ0n) is 16.0. The molecule has 1 aliphatic rings. The Morgan fingerprint density at radius 3 is 2.60 bits per heavy atom. The van der Waals surface area contributed by atoms with Crippen LogP contribution in [0, 0.1) is 0 Å². The number of fused-ring (bicyclic) bond motifs is 1. The van der Waals surface area contributed by atoms with Crippen molar-refractivity contribution in [2.75, 3.05) is 7.05 Å². The molecule has 0 N–H and O–H groups in total. The Kier molecular flexibility index (Phi) is 4.76. The number of amides is 1. The number of aryl methyl sites for hydroxylation is 1. The second kappa shape index (κ2) is 6.70. The van der Waals surface area contributed by atoms with Gasteiger partial charge in [0.15, 0.2) is 0 Å². The number of nitrogens with zero attached hydrogens (tertiary/aromatic N) is 3. The van der Waals surface area contributed by atoms with Crippen LogP contribution in [0.25, 0.3) is 11.0 Å². The average molecular weight is 343 g/mol. The van der Waals surface area contributed by atoms with Gasteiger partial charge in [-0.05, 0) is 70.1 Å². The number of carbonyl (C=O) groups excluding carboxylic acids is 1. The van der Waals surface area contributed by atoms with Crippen LogP contribution in [0.5, 0.6) is 0 Å². The van der Waals surface area contributed by atoms with E-state index >= 15 is 0 Å². The molecule has 5 nitrogen and oxygen atoms in total. The van der Waals surface area contributed by atoms with Gasteiger partial charge in [-0.15, -0.1) is 0 Å². The first-order chi connectivity index (χ1) is 11.8. The maximum Gasteiger partial charge on any atom is 0.410 e. The molecule has 2 heterocycles. The van der Waals surface area contributed by atoms with Crippen molar-refractivity contribution in [1.29, 1.82) is 0 Å². The molecule has 0 atom stereocenters. The van der Waals surface area contributed by atoms with E-state index in [1.165, 1.54) is 10.9 Å². The van der Waals surface area contributed by atoms with Crippen LogP contribution in [-0.2, 0) is 11.8 Å². The summed E-state index contributed by atoms with van der Waals surface area (Å²) in [6.07, 6.45) is 8.05. The van der Waals surface area contributed by atoms with Crippen molar-refractivity contribution in [3.05, 3.63) is 30.1 Å². The molecule has 0 spiro atoms. The first-order valence-electron chi connectivity index (χ1n) is 9.12. The van der Waals surface area contributed by atoms with E-state index in [2.05, 4.69) is 28.9 Å². The van der Waals surface area contributed by atoms with Crippen molar-refractivity contribution in [3.8, 4) is 0 Å². The van der Waals surface area contributed by atoms with Gasteiger partial charge in [-0.2, -0.15) is 0 Å². The normalized spacial score (nSPS) is 21.3. The number of pyridine rings is 1. The molecule has 0 radical (unpaired) electrons. The summed E-state index contributed by atoms with van der Waals surface area (Å²) in [5, 5.41) is 1.26. The fraction of sp³-hybridized carbons (Fsp3) is 0.600. The van der Waals surface area contributed by atoms with Crippen LogP contribution >= 0.6 is 0 Å². The van der Waals surface area contributed by atoms with Crippen molar-refractivity contribution in [1.82, 2.24) is 14.5 Å². The Bertz CT molecular complexity index is 752. The maximum absolute atomic E-state index is 12.3. The van der Waals surface area contributed by atoms with Crippen LogP contribution in [0.15, 0.2) is 24.5 Å². The van der Waals surface area contributed by atoms with Gasteiger partial charge in [0.05, 0.1) is 0 Å². The summed E-state index contributed by atoms with van der Waals surface area (Å²) in [4.78, 5) is 18.6. The standard InChI is InChI=1S/C20H29N3O2/c1-20(2,3)25-19(24)23(5)15-10-8-14(9-11-15)17-13-22(4)18-16(17)7-6-12-21-18/h6-7,12-15H,8-11H2,1-5H3. The molecule has 1 fully saturated rings. The van der Waals surface area contributed by atoms with Gasteiger partial charge >= 0.3 is 6.09 Å². The van der Waals surface area contributed by atoms with E-state index in [0.29, 0.717) is 5.92 Å². The largest absolute Gasteiger partial charge is 0.444 e. The topological polar surface area (TPSA) is 47.4 Å². The molecule has 1 aliphatic carbocycles. The summed E-state index contributed by atoms with van der Waals surface area (Å²) in [7, 11) is 3.92. The van der Waals surface area contributed by atoms with Gasteiger partial charge in [-0.25, -0.2) is 9.78 Å². The van der Waals surface area contributed by atoms with Gasteiger partial charge in [0.25, 0.3) is 0 Å². The second-order valence-corrected chi connectivity index (χ2v) is 8.17. The van der Waals surface area contributed by atoms with E-state index in [1.54, 1.807) is 4.90 Å². The molecule has 5 heteroatoms. The van der Waals surface area contributed by atoms with Gasteiger partial charge in [0, 0.05) is 37.9 Å². The molecular formula is C20H29N3O2. The minimum absolute atomic E-state index is 0.217. The lowest BCUT2D eigenvalue weighted by Gasteiger charge is -2.35. The Labute approximate surface area is 150 Å². The van der Waals surface area contributed by atoms with Crippen LogP contribution in [0.3, 0.4) is 0 Å². The number of hydrogen-bond acceptors (Lipinski definition) is 3. The fourth-order valence-electron chi connectivity index (χ4n) is 3.83. The van der Waals surface area contributed by atoms with E-state index in [1.807, 2.05) is 40.1 Å². The second-order valence-electron chi connectivity index (χ2n) is 8.17. The Morgan fingerprint density at radius 1 is 1.28 bits per heavy atom. The van der Waals surface area contributed by atoms with Gasteiger partial charge in [0.1, 0.15) is 11.2 Å². The molecule has 0 saturated heterocycles. The van der Waals surface area contributed by atoms with Crippen LogP contribution in [-0.4, -0.2) is 39.2 Å². The predicted octanol–water partition coefficient (Wildman–Crippen LogP) is 4.47. The smallest absolute Gasteiger partial charge is 0.410 e. The summed E-state index contributed by atoms with van der Waals surface area (Å²) in [6, 6.07) is 4.43. The molecule has 3 rings (SSSR count). The fourth-order valence-corrected chi connectivity index (χ4v) is 3.83. The summed E-state index contributed by atoms with van der Waals surface area (Å²) < 4.78 is 7.62. The summed E-state index contributed by atoms with van der Waals surface area (Å²) >= 11 is 0. The predicted molar refractivity (Wildman–Crippen MR) is 99.7 cm³/mol. The van der Waals surface area contributed by atoms with Gasteiger partial charge < -0.3 is 14.2 Å². The third kappa shape index (κ3) is 3.80. The molecule has 0 bridgehead atoms. The molecular weight excluding hydrogens is 314 g/mol. The maximum atomic E-state index is 12.3. The number of ether oxygens (including phenoxy) is 1. The lowest BCUT2D eigenvalue weighted by molar-refractivity contribution is 0.0183. The minimum Gasteiger partial charge on any atom is -0.444 e. The van der Waals surface area contributed by atoms with E-state index in [-0.39, 0.29) is 12.1 Å². The Balaban J connectivity index is 1.66. The number of aromatic nitrogens is 2. The quantitative estimate of drug-likeness (QED) is 0.808. The van der Waals surface area contributed by atoms with E-state index in [9.17, 15) is 4.79 Å². The van der Waals surface area contributed by atoms with Crippen LogP contribution in [0.1, 0.15) is 57.9 Å². The third-order valence-electron chi connectivity index (χ3n) is 5.13. The molecule has 25 heavy (non-hydrogen) atoms. The highest BCUT2D eigenvalue weighted by Crippen LogP contribution is 2.38. The number of carbonyl (C=O) groups is 1. The molecule has 1 amide bonds. The number of hydrogen-bond donors (Lipinski definition) is 0. The Morgan fingerprint density at radius 2 is 1.96 bits per heavy atom. The van der Waals surface area contributed by atoms with E-state index in [4.69, 9.17) is 4.74 Å². The van der Waals surface area contributed by atoms with Gasteiger partial charge in [-0.1, -0.05) is 0 Å². The summed E-state index contributed by atoms with van der Waals surface area (Å²) in [5.74, 6) is 0.538. The molecule has 2 aromatic rings. The highest BCUT2D eigenvalue weighted by molar-refractivity contribution is 5.81. The Hall–Kier alpha value is -2.04. The van der Waals surface area contributed by atoms with Crippen LogP contribution < -0.4 is 0 Å². The lowest BCUT2D eigenvalue weighted by atomic mass is 9.81. The van der Waals surface area contributed by atoms with Crippen molar-refractivity contribution in [2.45, 2.75) is 64.0 Å². The molecule has 0 unspecified atom stereocenters. The zero-order valence-corrected chi connectivity index (χ0v) is 16.0. The molecule has 136 valence electrons. The highest BCUT2D eigenvalue weighted by atomic mass is 16.6. The summed E-state index contributed by atoms with van der Waals surface area (Å²) in [5.41, 5.74) is 1.99. The monoisotopic (exact) mass is 343 g/mol. The van der Waals surface area contributed by atoms with E-state index in [0.717, 1.165) is 31.3 Å². The van der Waals surface area contributed by atoms with Crippen molar-refractivity contribution < 1.29 is 9.53 Å². The lowest BCUT2D eigenvalue weighted by Crippen LogP contribution is -2.42. The molecule has 2 aromatic heterocycles. The highest BCUT2D eigenvalue weighted by Gasteiger charge is 2.30. The molecule has 0 aromatic carbocycles. The third-order valence-corrected chi connectivity index (χ3v) is 5.13. The van der Waals surface area contributed by atoms with Crippen molar-refractivity contribution >= 4 is 17.1 Å². The zero-order chi connectivity index (χ0) is 18.2. The first-order valence-corrected chi connectivity index (χ1v) is 9.12. The minimum atomic E-state index is -0.446. The van der Waals surface area contributed by atoms with Crippen molar-refractivity contribution in [2.24, 2.45) is 7.05 Å².